The van der Waals surface area contributed by atoms with Gasteiger partial charge >= 0.3 is 0 Å². The molecule has 27 heavy (non-hydrogen) atoms. The Kier molecular flexibility index (Phi) is 6.50. The van der Waals surface area contributed by atoms with E-state index in [1.54, 1.807) is 0 Å². The number of nitrogens with zero attached hydrogens (tertiary/aromatic N) is 3. The zero-order valence-corrected chi connectivity index (χ0v) is 16.7. The number of carbonyl (C=O) groups excluding carboxylic acids is 1. The lowest BCUT2D eigenvalue weighted by Crippen LogP contribution is -2.49. The third-order valence-corrected chi connectivity index (χ3v) is 5.20. The number of rotatable bonds is 7. The molecule has 1 aromatic carbocycles. The average molecular weight is 370 g/mol. The number of unbranched alkanes of at least 4 members (excludes halogenated alkanes) is 1. The van der Waals surface area contributed by atoms with Crippen molar-refractivity contribution in [2.45, 2.75) is 40.0 Å². The van der Waals surface area contributed by atoms with Gasteiger partial charge in [0.2, 0.25) is 5.91 Å². The van der Waals surface area contributed by atoms with Gasteiger partial charge in [0, 0.05) is 31.9 Å². The molecule has 3 rings (SSSR count). The van der Waals surface area contributed by atoms with Crippen molar-refractivity contribution in [3.05, 3.63) is 41.2 Å². The molecule has 0 radical (unpaired) electrons. The van der Waals surface area contributed by atoms with E-state index in [4.69, 9.17) is 0 Å². The lowest BCUT2D eigenvalue weighted by Gasteiger charge is -2.35. The van der Waals surface area contributed by atoms with Crippen LogP contribution in [0, 0.1) is 13.8 Å². The van der Waals surface area contributed by atoms with E-state index in [9.17, 15) is 4.79 Å². The Bertz CT molecular complexity index is 725. The van der Waals surface area contributed by atoms with Gasteiger partial charge in [0.1, 0.15) is 0 Å². The molecule has 146 valence electrons. The number of H-pyrrole nitrogens is 1. The van der Waals surface area contributed by atoms with Crippen LogP contribution in [0.2, 0.25) is 0 Å². The number of aryl methyl sites for hydroxylation is 3. The third-order valence-electron chi connectivity index (χ3n) is 5.20. The maximum atomic E-state index is 12.4. The molecule has 0 atom stereocenters. The number of aromatic amines is 1. The van der Waals surface area contributed by atoms with E-state index >= 15 is 0 Å². The molecule has 2 aromatic rings. The first-order valence-electron chi connectivity index (χ1n) is 9.94. The van der Waals surface area contributed by atoms with Crippen LogP contribution in [0.25, 0.3) is 0 Å². The number of amides is 1. The van der Waals surface area contributed by atoms with E-state index in [1.807, 2.05) is 19.1 Å². The fourth-order valence-corrected chi connectivity index (χ4v) is 3.68. The number of hydrogen-bond donors (Lipinski definition) is 2. The third kappa shape index (κ3) is 5.10. The van der Waals surface area contributed by atoms with Gasteiger partial charge in [0.15, 0.2) is 0 Å². The van der Waals surface area contributed by atoms with Gasteiger partial charge in [-0.3, -0.25) is 14.8 Å². The summed E-state index contributed by atoms with van der Waals surface area (Å²) in [5.41, 5.74) is 5.57. The lowest BCUT2D eigenvalue weighted by atomic mass is 10.1. The highest BCUT2D eigenvalue weighted by Gasteiger charge is 2.22. The molecular weight excluding hydrogens is 338 g/mol. The van der Waals surface area contributed by atoms with E-state index in [0.29, 0.717) is 6.54 Å². The Morgan fingerprint density at radius 1 is 1.15 bits per heavy atom. The van der Waals surface area contributed by atoms with Crippen molar-refractivity contribution in [1.29, 1.82) is 0 Å². The van der Waals surface area contributed by atoms with E-state index in [1.165, 1.54) is 24.1 Å². The van der Waals surface area contributed by atoms with Gasteiger partial charge in [-0.25, -0.2) is 0 Å². The van der Waals surface area contributed by atoms with Crippen LogP contribution in [0.5, 0.6) is 0 Å². The molecule has 1 saturated heterocycles. The van der Waals surface area contributed by atoms with Crippen molar-refractivity contribution in [2.24, 2.45) is 0 Å². The highest BCUT2D eigenvalue weighted by Crippen LogP contribution is 2.23. The minimum atomic E-state index is 0.0560. The Balaban J connectivity index is 1.45. The maximum absolute atomic E-state index is 12.4. The Hall–Kier alpha value is -2.34. The number of benzene rings is 1. The van der Waals surface area contributed by atoms with Gasteiger partial charge in [-0.2, -0.15) is 5.10 Å². The molecule has 1 amide bonds. The summed E-state index contributed by atoms with van der Waals surface area (Å²) in [4.78, 5) is 16.9. The summed E-state index contributed by atoms with van der Waals surface area (Å²) in [7, 11) is 0. The lowest BCUT2D eigenvalue weighted by molar-refractivity contribution is -0.117. The molecule has 0 aliphatic carbocycles. The molecule has 6 nitrogen and oxygen atoms in total. The molecular formula is C21H31N5O. The summed E-state index contributed by atoms with van der Waals surface area (Å²) >= 11 is 0. The quantitative estimate of drug-likeness (QED) is 0.787. The number of anilines is 2. The molecule has 0 bridgehead atoms. The van der Waals surface area contributed by atoms with Gasteiger partial charge in [0.25, 0.3) is 0 Å². The topological polar surface area (TPSA) is 64.3 Å². The molecule has 2 N–H and O–H groups in total. The molecule has 0 saturated carbocycles. The fourth-order valence-electron chi connectivity index (χ4n) is 3.68. The van der Waals surface area contributed by atoms with Crippen LogP contribution in [-0.4, -0.2) is 53.7 Å². The molecule has 1 fully saturated rings. The predicted octanol–water partition coefficient (Wildman–Crippen LogP) is 3.13. The molecule has 0 spiro atoms. The summed E-state index contributed by atoms with van der Waals surface area (Å²) in [5.74, 6) is 0.0560. The van der Waals surface area contributed by atoms with Gasteiger partial charge in [-0.15, -0.1) is 0 Å². The average Bonchev–Trinajstić information content (AvgIpc) is 3.00. The van der Waals surface area contributed by atoms with Crippen molar-refractivity contribution >= 4 is 17.3 Å². The van der Waals surface area contributed by atoms with Crippen LogP contribution < -0.4 is 10.2 Å². The molecule has 1 aliphatic rings. The normalized spacial score (nSPS) is 15.1. The van der Waals surface area contributed by atoms with Crippen LogP contribution in [0.3, 0.4) is 0 Å². The van der Waals surface area contributed by atoms with Crippen molar-refractivity contribution in [2.75, 3.05) is 42.9 Å². The largest absolute Gasteiger partial charge is 0.366 e. The zero-order valence-electron chi connectivity index (χ0n) is 16.7. The smallest absolute Gasteiger partial charge is 0.238 e. The first kappa shape index (κ1) is 19.4. The second kappa shape index (κ2) is 9.04. The minimum Gasteiger partial charge on any atom is -0.366 e. The monoisotopic (exact) mass is 369 g/mol. The van der Waals surface area contributed by atoms with Crippen molar-refractivity contribution < 1.29 is 4.79 Å². The fraction of sp³-hybridized carbons (Fsp3) is 0.524. The predicted molar refractivity (Wildman–Crippen MR) is 110 cm³/mol. The molecule has 0 unspecified atom stereocenters. The van der Waals surface area contributed by atoms with Crippen LogP contribution in [0.1, 0.15) is 36.7 Å². The minimum absolute atomic E-state index is 0.0560. The van der Waals surface area contributed by atoms with Gasteiger partial charge in [0.05, 0.1) is 23.6 Å². The van der Waals surface area contributed by atoms with Crippen LogP contribution in [-0.2, 0) is 11.2 Å². The number of carbonyl (C=O) groups is 1. The van der Waals surface area contributed by atoms with E-state index in [2.05, 4.69) is 51.3 Å². The summed E-state index contributed by atoms with van der Waals surface area (Å²) in [6, 6.07) is 8.23. The zero-order chi connectivity index (χ0) is 19.2. The summed E-state index contributed by atoms with van der Waals surface area (Å²) < 4.78 is 0. The van der Waals surface area contributed by atoms with Crippen LogP contribution in [0.4, 0.5) is 11.4 Å². The second-order valence-electron chi connectivity index (χ2n) is 7.39. The summed E-state index contributed by atoms with van der Waals surface area (Å²) in [6.45, 7) is 10.3. The molecule has 1 aromatic heterocycles. The number of nitrogens with one attached hydrogen (secondary N) is 2. The summed E-state index contributed by atoms with van der Waals surface area (Å²) in [5, 5.41) is 10.4. The number of aromatic nitrogens is 2. The van der Waals surface area contributed by atoms with Crippen molar-refractivity contribution in [3.8, 4) is 0 Å². The first-order chi connectivity index (χ1) is 13.1. The van der Waals surface area contributed by atoms with Crippen LogP contribution in [0.15, 0.2) is 24.3 Å². The molecule has 2 heterocycles. The standard InChI is InChI=1S/C21H31N5O/c1-4-5-6-18-7-9-19(10-8-18)22-20(27)15-25-11-13-26(14-12-25)21-16(2)23-24-17(21)3/h7-10H,4-6,11-15H2,1-3H3,(H,22,27)(H,23,24). The highest BCUT2D eigenvalue weighted by atomic mass is 16.2. The first-order valence-corrected chi connectivity index (χ1v) is 9.94. The summed E-state index contributed by atoms with van der Waals surface area (Å²) in [6.07, 6.45) is 3.51. The second-order valence-corrected chi connectivity index (χ2v) is 7.39. The van der Waals surface area contributed by atoms with Gasteiger partial charge in [-0.05, 0) is 44.4 Å². The highest BCUT2D eigenvalue weighted by molar-refractivity contribution is 5.92. The molecule has 1 aliphatic heterocycles. The maximum Gasteiger partial charge on any atom is 0.238 e. The Morgan fingerprint density at radius 2 is 1.85 bits per heavy atom. The van der Waals surface area contributed by atoms with Gasteiger partial charge < -0.3 is 10.2 Å². The SMILES string of the molecule is CCCCc1ccc(NC(=O)CN2CCN(c3c(C)n[nH]c3C)CC2)cc1. The number of piperazine rings is 1. The van der Waals surface area contributed by atoms with Crippen molar-refractivity contribution in [1.82, 2.24) is 15.1 Å². The Morgan fingerprint density at radius 3 is 2.44 bits per heavy atom. The van der Waals surface area contributed by atoms with Crippen molar-refractivity contribution in [3.63, 3.8) is 0 Å². The van der Waals surface area contributed by atoms with E-state index in [-0.39, 0.29) is 5.91 Å². The van der Waals surface area contributed by atoms with E-state index in [0.717, 1.165) is 49.7 Å². The van der Waals surface area contributed by atoms with Gasteiger partial charge in [-0.1, -0.05) is 25.5 Å². The van der Waals surface area contributed by atoms with Crippen LogP contribution >= 0.6 is 0 Å². The number of hydrogen-bond acceptors (Lipinski definition) is 4. The Labute approximate surface area is 161 Å². The molecule has 6 heteroatoms. The van der Waals surface area contributed by atoms with E-state index < -0.39 is 0 Å².